The van der Waals surface area contributed by atoms with Gasteiger partial charge in [-0.05, 0) is 64.0 Å². The van der Waals surface area contributed by atoms with Gasteiger partial charge in [-0.15, -0.1) is 0 Å². The van der Waals surface area contributed by atoms with Crippen molar-refractivity contribution in [3.8, 4) is 0 Å². The molecular formula is C20H40N8O5S. The van der Waals surface area contributed by atoms with Gasteiger partial charge in [-0.3, -0.25) is 19.4 Å². The van der Waals surface area contributed by atoms with Crippen molar-refractivity contribution in [2.24, 2.45) is 27.9 Å². The number of nitrogens with one attached hydrogen (secondary N) is 3. The van der Waals surface area contributed by atoms with Crippen LogP contribution in [0.5, 0.6) is 0 Å². The highest BCUT2D eigenvalue weighted by atomic mass is 32.2. The largest absolute Gasteiger partial charge is 0.480 e. The number of nitrogens with zero attached hydrogens (tertiary/aromatic N) is 1. The second-order valence-corrected chi connectivity index (χ2v) is 8.81. The van der Waals surface area contributed by atoms with E-state index in [0.29, 0.717) is 38.0 Å². The molecule has 0 aliphatic carbocycles. The number of guanidine groups is 1. The van der Waals surface area contributed by atoms with E-state index in [1.807, 2.05) is 6.26 Å². The maximum atomic E-state index is 12.9. The number of rotatable bonds is 18. The van der Waals surface area contributed by atoms with E-state index in [1.54, 1.807) is 0 Å². The molecule has 0 aromatic heterocycles. The molecule has 0 rings (SSSR count). The Labute approximate surface area is 204 Å². The fraction of sp³-hybridized carbons (Fsp3) is 0.750. The molecule has 4 atom stereocenters. The smallest absolute Gasteiger partial charge is 0.326 e. The summed E-state index contributed by atoms with van der Waals surface area (Å²) in [4.78, 5) is 53.3. The van der Waals surface area contributed by atoms with Crippen molar-refractivity contribution < 1.29 is 24.3 Å². The van der Waals surface area contributed by atoms with E-state index in [9.17, 15) is 24.3 Å². The van der Waals surface area contributed by atoms with Crippen molar-refractivity contribution in [2.75, 3.05) is 25.1 Å². The van der Waals surface area contributed by atoms with Crippen molar-refractivity contribution in [1.29, 1.82) is 0 Å². The molecule has 0 radical (unpaired) electrons. The standard InChI is InChI=1S/C20H40N8O5S/c1-12(22)16(29)26-14(8-11-34-2)18(31)27-13(7-5-10-25-20(23)24)17(30)28-15(19(32)33)6-3-4-9-21/h12-15H,3-11,21-22H2,1-2H3,(H,26,29)(H,27,31)(H,28,30)(H,32,33)(H4,23,24,25). The van der Waals surface area contributed by atoms with Gasteiger partial charge in [0, 0.05) is 6.54 Å². The lowest BCUT2D eigenvalue weighted by Crippen LogP contribution is -2.57. The predicted molar refractivity (Wildman–Crippen MR) is 133 cm³/mol. The number of aliphatic imine (C=N–C) groups is 1. The second-order valence-electron chi connectivity index (χ2n) is 7.83. The first-order chi connectivity index (χ1) is 16.0. The van der Waals surface area contributed by atoms with Gasteiger partial charge in [0.15, 0.2) is 5.96 Å². The highest BCUT2D eigenvalue weighted by Gasteiger charge is 2.29. The normalized spacial score (nSPS) is 14.2. The lowest BCUT2D eigenvalue weighted by atomic mass is 10.1. The van der Waals surface area contributed by atoms with Crippen LogP contribution in [-0.4, -0.2) is 84.0 Å². The van der Waals surface area contributed by atoms with Gasteiger partial charge < -0.3 is 44.0 Å². The van der Waals surface area contributed by atoms with Crippen LogP contribution in [0.1, 0.15) is 45.4 Å². The Hall–Kier alpha value is -2.58. The third kappa shape index (κ3) is 13.9. The molecule has 34 heavy (non-hydrogen) atoms. The molecule has 0 fully saturated rings. The average molecular weight is 505 g/mol. The number of hydrogen-bond donors (Lipinski definition) is 8. The van der Waals surface area contributed by atoms with Gasteiger partial charge in [0.1, 0.15) is 18.1 Å². The third-order valence-corrected chi connectivity index (χ3v) is 5.44. The van der Waals surface area contributed by atoms with Crippen LogP contribution in [0, 0.1) is 0 Å². The first-order valence-corrected chi connectivity index (χ1v) is 12.6. The van der Waals surface area contributed by atoms with Crippen molar-refractivity contribution >= 4 is 41.4 Å². The molecule has 3 amide bonds. The summed E-state index contributed by atoms with van der Waals surface area (Å²) in [7, 11) is 0. The lowest BCUT2D eigenvalue weighted by Gasteiger charge is -2.25. The molecule has 0 aliphatic rings. The maximum Gasteiger partial charge on any atom is 0.326 e. The molecule has 4 unspecified atom stereocenters. The van der Waals surface area contributed by atoms with Crippen molar-refractivity contribution in [3.05, 3.63) is 0 Å². The lowest BCUT2D eigenvalue weighted by molar-refractivity contribution is -0.142. The zero-order valence-corrected chi connectivity index (χ0v) is 20.7. The molecule has 0 heterocycles. The monoisotopic (exact) mass is 504 g/mol. The molecule has 0 spiro atoms. The number of carbonyl (C=O) groups is 4. The number of thioether (sulfide) groups is 1. The molecule has 0 saturated carbocycles. The van der Waals surface area contributed by atoms with Gasteiger partial charge in [0.25, 0.3) is 0 Å². The summed E-state index contributed by atoms with van der Waals surface area (Å²) >= 11 is 1.49. The molecule has 0 aliphatic heterocycles. The van der Waals surface area contributed by atoms with E-state index in [0.717, 1.165) is 0 Å². The number of nitrogens with two attached hydrogens (primary N) is 4. The summed E-state index contributed by atoms with van der Waals surface area (Å²) in [6.07, 6.45) is 4.03. The van der Waals surface area contributed by atoms with Crippen molar-refractivity contribution in [1.82, 2.24) is 16.0 Å². The van der Waals surface area contributed by atoms with Crippen LogP contribution in [0.4, 0.5) is 0 Å². The summed E-state index contributed by atoms with van der Waals surface area (Å²) in [5, 5.41) is 17.2. The Balaban J connectivity index is 5.46. The highest BCUT2D eigenvalue weighted by Crippen LogP contribution is 2.07. The Morgan fingerprint density at radius 3 is 1.91 bits per heavy atom. The summed E-state index contributed by atoms with van der Waals surface area (Å²) in [5.41, 5.74) is 21.7. The summed E-state index contributed by atoms with van der Waals surface area (Å²) < 4.78 is 0. The molecule has 196 valence electrons. The summed E-state index contributed by atoms with van der Waals surface area (Å²) in [6, 6.07) is -3.89. The number of aliphatic carboxylic acids is 1. The number of carboxylic acid groups (broad SMARTS) is 1. The molecule has 14 heteroatoms. The fourth-order valence-electron chi connectivity index (χ4n) is 2.87. The molecule has 0 aromatic rings. The van der Waals surface area contributed by atoms with E-state index in [4.69, 9.17) is 22.9 Å². The van der Waals surface area contributed by atoms with Gasteiger partial charge in [-0.1, -0.05) is 0 Å². The predicted octanol–water partition coefficient (Wildman–Crippen LogP) is -2.19. The van der Waals surface area contributed by atoms with E-state index in [1.165, 1.54) is 18.7 Å². The zero-order chi connectivity index (χ0) is 26.1. The molecule has 12 N–H and O–H groups in total. The van der Waals surface area contributed by atoms with Crippen LogP contribution < -0.4 is 38.9 Å². The van der Waals surface area contributed by atoms with Gasteiger partial charge in [-0.25, -0.2) is 4.79 Å². The Bertz CT molecular complexity index is 688. The number of carbonyl (C=O) groups excluding carboxylic acids is 3. The Kier molecular flexibility index (Phi) is 16.5. The SMILES string of the molecule is CSCCC(NC(=O)C(C)N)C(=O)NC(CCCN=C(N)N)C(=O)NC(CCCCN)C(=O)O. The average Bonchev–Trinajstić information content (AvgIpc) is 2.77. The van der Waals surface area contributed by atoms with E-state index >= 15 is 0 Å². The molecule has 0 aromatic carbocycles. The first-order valence-electron chi connectivity index (χ1n) is 11.2. The van der Waals surface area contributed by atoms with E-state index < -0.39 is 47.9 Å². The fourth-order valence-corrected chi connectivity index (χ4v) is 3.35. The van der Waals surface area contributed by atoms with Crippen molar-refractivity contribution in [2.45, 2.75) is 69.6 Å². The Morgan fingerprint density at radius 2 is 1.41 bits per heavy atom. The number of unbranched alkanes of at least 4 members (excludes halogenated alkanes) is 1. The summed E-state index contributed by atoms with van der Waals surface area (Å²) in [5.74, 6) is -2.42. The Morgan fingerprint density at radius 1 is 0.882 bits per heavy atom. The van der Waals surface area contributed by atoms with Crippen LogP contribution >= 0.6 is 11.8 Å². The van der Waals surface area contributed by atoms with Crippen molar-refractivity contribution in [3.63, 3.8) is 0 Å². The minimum atomic E-state index is -1.18. The maximum absolute atomic E-state index is 12.9. The van der Waals surface area contributed by atoms with Crippen LogP contribution in [0.2, 0.25) is 0 Å². The quantitative estimate of drug-likeness (QED) is 0.0569. The van der Waals surface area contributed by atoms with Crippen LogP contribution in [-0.2, 0) is 19.2 Å². The second kappa shape index (κ2) is 17.8. The van der Waals surface area contributed by atoms with Crippen LogP contribution in [0.15, 0.2) is 4.99 Å². The van der Waals surface area contributed by atoms with Crippen LogP contribution in [0.3, 0.4) is 0 Å². The van der Waals surface area contributed by atoms with Crippen LogP contribution in [0.25, 0.3) is 0 Å². The zero-order valence-electron chi connectivity index (χ0n) is 19.9. The highest BCUT2D eigenvalue weighted by molar-refractivity contribution is 7.98. The molecule has 13 nitrogen and oxygen atoms in total. The van der Waals surface area contributed by atoms with Gasteiger partial charge in [0.2, 0.25) is 17.7 Å². The van der Waals surface area contributed by atoms with Gasteiger partial charge in [-0.2, -0.15) is 11.8 Å². The number of amides is 3. The van der Waals surface area contributed by atoms with Gasteiger partial charge >= 0.3 is 5.97 Å². The molecule has 0 saturated heterocycles. The molecule has 0 bridgehead atoms. The third-order valence-electron chi connectivity index (χ3n) is 4.80. The number of carboxylic acids is 1. The van der Waals surface area contributed by atoms with Gasteiger partial charge in [0.05, 0.1) is 6.04 Å². The minimum Gasteiger partial charge on any atom is -0.480 e. The molecular weight excluding hydrogens is 464 g/mol. The first kappa shape index (κ1) is 31.4. The van der Waals surface area contributed by atoms with E-state index in [2.05, 4.69) is 20.9 Å². The minimum absolute atomic E-state index is 0.105. The summed E-state index contributed by atoms with van der Waals surface area (Å²) in [6.45, 7) is 2.13. The van der Waals surface area contributed by atoms with E-state index in [-0.39, 0.29) is 25.3 Å². The topological polar surface area (TPSA) is 241 Å². The number of hydrogen-bond acceptors (Lipinski definition) is 8.